The largest absolute Gasteiger partial charge is 0.477 e. The Morgan fingerprint density at radius 3 is 2.69 bits per heavy atom. The van der Waals surface area contributed by atoms with Crippen molar-refractivity contribution in [1.82, 2.24) is 10.3 Å². The van der Waals surface area contributed by atoms with Crippen LogP contribution in [0.25, 0.3) is 0 Å². The Balaban J connectivity index is 1.54. The number of hydrogen-bond acceptors (Lipinski definition) is 5. The molecule has 29 heavy (non-hydrogen) atoms. The quantitative estimate of drug-likeness (QED) is 0.775. The van der Waals surface area contributed by atoms with Crippen LogP contribution in [0.3, 0.4) is 0 Å². The van der Waals surface area contributed by atoms with Gasteiger partial charge >= 0.3 is 0 Å². The third-order valence-corrected chi connectivity index (χ3v) is 5.25. The van der Waals surface area contributed by atoms with Gasteiger partial charge in [-0.3, -0.25) is 4.79 Å². The van der Waals surface area contributed by atoms with Crippen molar-refractivity contribution in [3.05, 3.63) is 52.8 Å². The lowest BCUT2D eigenvalue weighted by atomic mass is 10.1. The van der Waals surface area contributed by atoms with Crippen LogP contribution >= 0.6 is 0 Å². The zero-order valence-electron chi connectivity index (χ0n) is 16.6. The number of carbonyl (C=O) groups excluding carboxylic acids is 1. The summed E-state index contributed by atoms with van der Waals surface area (Å²) >= 11 is 0. The van der Waals surface area contributed by atoms with Gasteiger partial charge in [-0.15, -0.1) is 0 Å². The summed E-state index contributed by atoms with van der Waals surface area (Å²) in [5, 5.41) is 2.90. The number of rotatable bonds is 7. The first-order chi connectivity index (χ1) is 14.1. The molecule has 154 valence electrons. The average molecular weight is 399 g/mol. The highest BCUT2D eigenvalue weighted by molar-refractivity contribution is 5.98. The van der Waals surface area contributed by atoms with Crippen molar-refractivity contribution in [3.8, 4) is 5.88 Å². The van der Waals surface area contributed by atoms with Gasteiger partial charge in [0.2, 0.25) is 5.88 Å². The van der Waals surface area contributed by atoms with Gasteiger partial charge in [0.1, 0.15) is 17.2 Å². The molecule has 1 amide bonds. The molecule has 2 aromatic rings. The number of nitrogens with one attached hydrogen (secondary N) is 1. The molecule has 0 bridgehead atoms. The molecule has 0 radical (unpaired) electrons. The molecule has 1 aliphatic heterocycles. The summed E-state index contributed by atoms with van der Waals surface area (Å²) in [6, 6.07) is 8.02. The number of pyridine rings is 1. The second-order valence-corrected chi connectivity index (χ2v) is 7.64. The summed E-state index contributed by atoms with van der Waals surface area (Å²) in [6.45, 7) is 5.67. The zero-order chi connectivity index (χ0) is 20.2. The minimum Gasteiger partial charge on any atom is -0.477 e. The number of amides is 1. The Labute approximate surface area is 170 Å². The van der Waals surface area contributed by atoms with E-state index in [9.17, 15) is 9.18 Å². The van der Waals surface area contributed by atoms with E-state index in [-0.39, 0.29) is 11.7 Å². The van der Waals surface area contributed by atoms with Gasteiger partial charge in [-0.2, -0.15) is 4.98 Å². The molecule has 2 heterocycles. The predicted molar refractivity (Wildman–Crippen MR) is 108 cm³/mol. The molecule has 1 N–H and O–H groups in total. The topological polar surface area (TPSA) is 63.7 Å². The molecule has 1 saturated carbocycles. The summed E-state index contributed by atoms with van der Waals surface area (Å²) in [5.74, 6) is 1.22. The minimum atomic E-state index is -0.297. The van der Waals surface area contributed by atoms with Crippen LogP contribution in [0.4, 0.5) is 10.2 Å². The van der Waals surface area contributed by atoms with E-state index in [1.165, 1.54) is 12.1 Å². The maximum atomic E-state index is 13.1. The van der Waals surface area contributed by atoms with Crippen LogP contribution in [-0.2, 0) is 11.3 Å². The third-order valence-electron chi connectivity index (χ3n) is 5.25. The van der Waals surface area contributed by atoms with Gasteiger partial charge in [0.05, 0.1) is 19.8 Å². The lowest BCUT2D eigenvalue weighted by molar-refractivity contribution is 0.0944. The molecule has 1 aliphatic carbocycles. The number of nitrogens with zero attached hydrogens (tertiary/aromatic N) is 2. The molecule has 4 rings (SSSR count). The number of hydrogen-bond donors (Lipinski definition) is 1. The Hall–Kier alpha value is -2.67. The molecule has 2 fully saturated rings. The number of halogens is 1. The molecule has 1 aromatic carbocycles. The fraction of sp³-hybridized carbons (Fsp3) is 0.455. The molecule has 1 aromatic heterocycles. The average Bonchev–Trinajstić information content (AvgIpc) is 3.56. The summed E-state index contributed by atoms with van der Waals surface area (Å²) in [5.41, 5.74) is 2.12. The van der Waals surface area contributed by atoms with Gasteiger partial charge < -0.3 is 19.7 Å². The van der Waals surface area contributed by atoms with Crippen LogP contribution < -0.4 is 15.0 Å². The summed E-state index contributed by atoms with van der Waals surface area (Å²) in [6.07, 6.45) is 2.32. The summed E-state index contributed by atoms with van der Waals surface area (Å²) < 4.78 is 24.5. The zero-order valence-corrected chi connectivity index (χ0v) is 16.6. The highest BCUT2D eigenvalue weighted by atomic mass is 19.1. The molecular weight excluding hydrogens is 373 g/mol. The monoisotopic (exact) mass is 399 g/mol. The first-order valence-electron chi connectivity index (χ1n) is 10.1. The predicted octanol–water partition coefficient (Wildman–Crippen LogP) is 3.08. The Kier molecular flexibility index (Phi) is 5.94. The number of benzene rings is 1. The lowest BCUT2D eigenvalue weighted by Crippen LogP contribution is -2.37. The second kappa shape index (κ2) is 8.78. The number of ether oxygens (including phenoxy) is 2. The first kappa shape index (κ1) is 19.6. The number of aryl methyl sites for hydroxylation is 1. The van der Waals surface area contributed by atoms with Gasteiger partial charge in [-0.1, -0.05) is 12.1 Å². The molecule has 0 atom stereocenters. The Bertz CT molecular complexity index is 862. The van der Waals surface area contributed by atoms with Gasteiger partial charge in [-0.05, 0) is 55.0 Å². The van der Waals surface area contributed by atoms with E-state index in [2.05, 4.69) is 15.2 Å². The number of carbonyl (C=O) groups is 1. The van der Waals surface area contributed by atoms with Crippen LogP contribution in [0.2, 0.25) is 0 Å². The molecular formula is C22H26FN3O3. The van der Waals surface area contributed by atoms with Crippen molar-refractivity contribution in [2.45, 2.75) is 26.3 Å². The van der Waals surface area contributed by atoms with Crippen LogP contribution in [0, 0.1) is 18.7 Å². The third kappa shape index (κ3) is 5.03. The van der Waals surface area contributed by atoms with E-state index in [0.717, 1.165) is 42.9 Å². The number of anilines is 1. The van der Waals surface area contributed by atoms with Gasteiger partial charge in [-0.25, -0.2) is 4.39 Å². The molecule has 0 unspecified atom stereocenters. The Morgan fingerprint density at radius 1 is 1.28 bits per heavy atom. The maximum Gasteiger partial charge on any atom is 0.257 e. The van der Waals surface area contributed by atoms with Crippen LogP contribution in [0.5, 0.6) is 5.88 Å². The Morgan fingerprint density at radius 2 is 2.00 bits per heavy atom. The van der Waals surface area contributed by atoms with Crippen LogP contribution in [0.1, 0.15) is 34.3 Å². The van der Waals surface area contributed by atoms with E-state index in [1.807, 2.05) is 13.0 Å². The van der Waals surface area contributed by atoms with E-state index in [0.29, 0.717) is 43.7 Å². The van der Waals surface area contributed by atoms with Crippen molar-refractivity contribution in [3.63, 3.8) is 0 Å². The van der Waals surface area contributed by atoms with Crippen molar-refractivity contribution >= 4 is 11.7 Å². The second-order valence-electron chi connectivity index (χ2n) is 7.64. The first-order valence-corrected chi connectivity index (χ1v) is 10.1. The van der Waals surface area contributed by atoms with E-state index >= 15 is 0 Å². The SMILES string of the molecule is Cc1cc(N2CCOCC2)nc(OCC2CC2)c1C(=O)NCc1ccc(F)cc1. The summed E-state index contributed by atoms with van der Waals surface area (Å²) in [7, 11) is 0. The highest BCUT2D eigenvalue weighted by Gasteiger charge is 2.26. The standard InChI is InChI=1S/C22H26FN3O3/c1-15-12-19(26-8-10-28-11-9-26)25-22(29-14-17-2-3-17)20(15)21(27)24-13-16-4-6-18(23)7-5-16/h4-7,12,17H,2-3,8-11,13-14H2,1H3,(H,24,27). The van der Waals surface area contributed by atoms with Crippen molar-refractivity contribution in [2.75, 3.05) is 37.8 Å². The molecule has 6 nitrogen and oxygen atoms in total. The maximum absolute atomic E-state index is 13.1. The molecule has 2 aliphatic rings. The lowest BCUT2D eigenvalue weighted by Gasteiger charge is -2.28. The van der Waals surface area contributed by atoms with E-state index in [1.54, 1.807) is 12.1 Å². The van der Waals surface area contributed by atoms with E-state index < -0.39 is 0 Å². The number of aromatic nitrogens is 1. The molecule has 0 spiro atoms. The van der Waals surface area contributed by atoms with Crippen molar-refractivity contribution in [1.29, 1.82) is 0 Å². The van der Waals surface area contributed by atoms with Gasteiger partial charge in [0.25, 0.3) is 5.91 Å². The minimum absolute atomic E-state index is 0.237. The van der Waals surface area contributed by atoms with Crippen molar-refractivity contribution in [2.24, 2.45) is 5.92 Å². The van der Waals surface area contributed by atoms with E-state index in [4.69, 9.17) is 9.47 Å². The highest BCUT2D eigenvalue weighted by Crippen LogP contribution is 2.31. The smallest absolute Gasteiger partial charge is 0.257 e. The fourth-order valence-corrected chi connectivity index (χ4v) is 3.32. The van der Waals surface area contributed by atoms with Crippen LogP contribution in [-0.4, -0.2) is 43.8 Å². The summed E-state index contributed by atoms with van der Waals surface area (Å²) in [4.78, 5) is 19.8. The van der Waals surface area contributed by atoms with Gasteiger partial charge in [0, 0.05) is 19.6 Å². The fourth-order valence-electron chi connectivity index (χ4n) is 3.32. The molecule has 7 heteroatoms. The number of morpholine rings is 1. The normalized spacial score (nSPS) is 16.6. The van der Waals surface area contributed by atoms with Crippen LogP contribution in [0.15, 0.2) is 30.3 Å². The van der Waals surface area contributed by atoms with Crippen molar-refractivity contribution < 1.29 is 18.7 Å². The van der Waals surface area contributed by atoms with Gasteiger partial charge in [0.15, 0.2) is 0 Å². The molecule has 1 saturated heterocycles.